The second-order valence-electron chi connectivity index (χ2n) is 4.84. The second-order valence-corrected chi connectivity index (χ2v) is 5.69. The smallest absolute Gasteiger partial charge is 0.115 e. The summed E-state index contributed by atoms with van der Waals surface area (Å²) < 4.78 is 0. The molecule has 0 fully saturated rings. The summed E-state index contributed by atoms with van der Waals surface area (Å²) in [5.41, 5.74) is 2.68. The Morgan fingerprint density at radius 1 is 1.38 bits per heavy atom. The summed E-state index contributed by atoms with van der Waals surface area (Å²) >= 11 is 1.75. The summed E-state index contributed by atoms with van der Waals surface area (Å²) in [5, 5.41) is 21.9. The highest BCUT2D eigenvalue weighted by atomic mass is 32.2. The van der Waals surface area contributed by atoms with Crippen LogP contribution in [-0.4, -0.2) is 17.9 Å². The number of allylic oxidation sites excluding steroid dienone is 2. The molecule has 0 aliphatic heterocycles. The van der Waals surface area contributed by atoms with Gasteiger partial charge < -0.3 is 10.4 Å². The molecule has 0 amide bonds. The zero-order valence-corrected chi connectivity index (χ0v) is 13.6. The predicted octanol–water partition coefficient (Wildman–Crippen LogP) is 4.19. The first-order valence-corrected chi connectivity index (χ1v) is 8.10. The average Bonchev–Trinajstić information content (AvgIpc) is 2.51. The van der Waals surface area contributed by atoms with Crippen LogP contribution in [0.25, 0.3) is 0 Å². The molecule has 0 unspecified atom stereocenters. The summed E-state index contributed by atoms with van der Waals surface area (Å²) in [5.74, 6) is 0.195. The van der Waals surface area contributed by atoms with E-state index >= 15 is 0 Å². The summed E-state index contributed by atoms with van der Waals surface area (Å²) in [6.07, 6.45) is 4.34. The number of aliphatic hydroxyl groups is 1. The highest BCUT2D eigenvalue weighted by Crippen LogP contribution is 2.19. The van der Waals surface area contributed by atoms with Crippen molar-refractivity contribution in [3.63, 3.8) is 0 Å². The molecule has 2 N–H and O–H groups in total. The van der Waals surface area contributed by atoms with Gasteiger partial charge in [-0.15, -0.1) is 11.8 Å². The zero-order chi connectivity index (χ0) is 15.7. The van der Waals surface area contributed by atoms with Crippen LogP contribution in [0.15, 0.2) is 52.1 Å². The molecule has 3 nitrogen and oxygen atoms in total. The number of rotatable bonds is 7. The Bertz CT molecular complexity index is 570. The van der Waals surface area contributed by atoms with Crippen molar-refractivity contribution in [1.82, 2.24) is 5.32 Å². The van der Waals surface area contributed by atoms with Gasteiger partial charge in [0.15, 0.2) is 0 Å². The summed E-state index contributed by atoms with van der Waals surface area (Å²) in [4.78, 5) is 1.28. The van der Waals surface area contributed by atoms with Crippen molar-refractivity contribution in [3.05, 3.63) is 52.8 Å². The molecule has 0 atom stereocenters. The van der Waals surface area contributed by atoms with Gasteiger partial charge in [-0.2, -0.15) is 5.26 Å². The van der Waals surface area contributed by atoms with Gasteiger partial charge in [-0.1, -0.05) is 18.2 Å². The Balaban J connectivity index is 2.47. The van der Waals surface area contributed by atoms with Crippen LogP contribution in [-0.2, 0) is 6.54 Å². The van der Waals surface area contributed by atoms with Crippen molar-refractivity contribution < 1.29 is 5.11 Å². The predicted molar refractivity (Wildman–Crippen MR) is 89.2 cm³/mol. The normalized spacial score (nSPS) is 12.8. The SMILES string of the molecule is CSc1ccccc1CNCC/C(C)=C(O)/C=C(\C)C#N. The molecular formula is C17H22N2OS. The van der Waals surface area contributed by atoms with E-state index < -0.39 is 0 Å². The maximum absolute atomic E-state index is 9.84. The van der Waals surface area contributed by atoms with E-state index in [2.05, 4.69) is 23.7 Å². The molecule has 21 heavy (non-hydrogen) atoms. The van der Waals surface area contributed by atoms with Gasteiger partial charge in [-0.25, -0.2) is 0 Å². The molecule has 0 radical (unpaired) electrons. The Kier molecular flexibility index (Phi) is 7.66. The molecule has 1 aromatic carbocycles. The number of benzene rings is 1. The van der Waals surface area contributed by atoms with E-state index in [-0.39, 0.29) is 5.76 Å². The van der Waals surface area contributed by atoms with Crippen LogP contribution in [0.5, 0.6) is 0 Å². The molecule has 1 rings (SSSR count). The molecule has 0 aliphatic carbocycles. The Morgan fingerprint density at radius 3 is 2.76 bits per heavy atom. The van der Waals surface area contributed by atoms with E-state index in [4.69, 9.17) is 5.26 Å². The standard InChI is InChI=1S/C17H22N2OS/c1-13(11-18)10-16(20)14(2)8-9-19-12-15-6-4-5-7-17(15)21-3/h4-7,10,19-20H,8-9,12H2,1-3H3/b13-10+,16-14-. The van der Waals surface area contributed by atoms with Crippen LogP contribution in [0.1, 0.15) is 25.8 Å². The molecular weight excluding hydrogens is 280 g/mol. The Hall–Kier alpha value is -1.70. The average molecular weight is 302 g/mol. The van der Waals surface area contributed by atoms with Crippen molar-refractivity contribution in [2.24, 2.45) is 0 Å². The fraction of sp³-hybridized carbons (Fsp3) is 0.353. The minimum atomic E-state index is 0.195. The lowest BCUT2D eigenvalue weighted by atomic mass is 10.1. The summed E-state index contributed by atoms with van der Waals surface area (Å²) in [7, 11) is 0. The fourth-order valence-corrected chi connectivity index (χ4v) is 2.45. The number of aliphatic hydroxyl groups excluding tert-OH is 1. The topological polar surface area (TPSA) is 56.0 Å². The molecule has 0 saturated heterocycles. The Morgan fingerprint density at radius 2 is 2.10 bits per heavy atom. The minimum Gasteiger partial charge on any atom is -0.508 e. The van der Waals surface area contributed by atoms with Crippen LogP contribution in [0.4, 0.5) is 0 Å². The fourth-order valence-electron chi connectivity index (χ4n) is 1.84. The first-order valence-electron chi connectivity index (χ1n) is 6.88. The van der Waals surface area contributed by atoms with E-state index in [1.807, 2.05) is 25.1 Å². The molecule has 0 bridgehead atoms. The van der Waals surface area contributed by atoms with Gasteiger partial charge in [-0.05, 0) is 56.3 Å². The largest absolute Gasteiger partial charge is 0.508 e. The molecule has 0 saturated carbocycles. The lowest BCUT2D eigenvalue weighted by Crippen LogP contribution is -2.15. The minimum absolute atomic E-state index is 0.195. The molecule has 112 valence electrons. The molecule has 0 spiro atoms. The second kappa shape index (κ2) is 9.28. The molecule has 4 heteroatoms. The van der Waals surface area contributed by atoms with Gasteiger partial charge in [0, 0.05) is 17.0 Å². The van der Waals surface area contributed by atoms with E-state index in [1.54, 1.807) is 18.7 Å². The van der Waals surface area contributed by atoms with Crippen LogP contribution < -0.4 is 5.32 Å². The van der Waals surface area contributed by atoms with Crippen LogP contribution in [0.2, 0.25) is 0 Å². The van der Waals surface area contributed by atoms with Crippen LogP contribution >= 0.6 is 11.8 Å². The molecule has 0 heterocycles. The van der Waals surface area contributed by atoms with Gasteiger partial charge in [0.05, 0.1) is 6.07 Å². The first kappa shape index (κ1) is 17.4. The Labute approximate surface area is 131 Å². The third kappa shape index (κ3) is 6.07. The van der Waals surface area contributed by atoms with Crippen molar-refractivity contribution in [1.29, 1.82) is 5.26 Å². The van der Waals surface area contributed by atoms with E-state index in [1.165, 1.54) is 16.5 Å². The van der Waals surface area contributed by atoms with Gasteiger partial charge in [0.2, 0.25) is 0 Å². The van der Waals surface area contributed by atoms with Gasteiger partial charge in [-0.3, -0.25) is 0 Å². The van der Waals surface area contributed by atoms with Crippen LogP contribution in [0, 0.1) is 11.3 Å². The third-order valence-electron chi connectivity index (χ3n) is 3.15. The number of nitrogens with one attached hydrogen (secondary N) is 1. The number of thioether (sulfide) groups is 1. The highest BCUT2D eigenvalue weighted by molar-refractivity contribution is 7.98. The molecule has 0 aromatic heterocycles. The van der Waals surface area contributed by atoms with Crippen molar-refractivity contribution >= 4 is 11.8 Å². The van der Waals surface area contributed by atoms with E-state index in [0.717, 1.165) is 25.1 Å². The maximum atomic E-state index is 9.84. The third-order valence-corrected chi connectivity index (χ3v) is 3.99. The number of hydrogen-bond donors (Lipinski definition) is 2. The quantitative estimate of drug-likeness (QED) is 0.261. The lowest BCUT2D eigenvalue weighted by Gasteiger charge is -2.09. The molecule has 1 aromatic rings. The molecule has 0 aliphatic rings. The maximum Gasteiger partial charge on any atom is 0.115 e. The first-order chi connectivity index (χ1) is 10.1. The number of nitrogens with zero attached hydrogens (tertiary/aromatic N) is 1. The zero-order valence-electron chi connectivity index (χ0n) is 12.8. The van der Waals surface area contributed by atoms with E-state index in [0.29, 0.717) is 5.57 Å². The van der Waals surface area contributed by atoms with Crippen molar-refractivity contribution in [2.45, 2.75) is 31.7 Å². The number of nitriles is 1. The van der Waals surface area contributed by atoms with Gasteiger partial charge in [0.1, 0.15) is 5.76 Å². The van der Waals surface area contributed by atoms with Crippen LogP contribution in [0.3, 0.4) is 0 Å². The van der Waals surface area contributed by atoms with Crippen molar-refractivity contribution in [2.75, 3.05) is 12.8 Å². The van der Waals surface area contributed by atoms with Gasteiger partial charge >= 0.3 is 0 Å². The monoisotopic (exact) mass is 302 g/mol. The van der Waals surface area contributed by atoms with Crippen molar-refractivity contribution in [3.8, 4) is 6.07 Å². The summed E-state index contributed by atoms with van der Waals surface area (Å²) in [6, 6.07) is 10.3. The van der Waals surface area contributed by atoms with Gasteiger partial charge in [0.25, 0.3) is 0 Å². The highest BCUT2D eigenvalue weighted by Gasteiger charge is 2.01. The van der Waals surface area contributed by atoms with E-state index in [9.17, 15) is 5.11 Å². The lowest BCUT2D eigenvalue weighted by molar-refractivity contribution is 0.421. The number of hydrogen-bond acceptors (Lipinski definition) is 4. The summed E-state index contributed by atoms with van der Waals surface area (Å²) in [6.45, 7) is 5.17.